The minimum Gasteiger partial charge on any atom is -0.355 e. The third-order valence-corrected chi connectivity index (χ3v) is 3.60. The van der Waals surface area contributed by atoms with Gasteiger partial charge in [0.05, 0.1) is 0 Å². The Morgan fingerprint density at radius 3 is 2.44 bits per heavy atom. The second-order valence-corrected chi connectivity index (χ2v) is 5.15. The van der Waals surface area contributed by atoms with Crippen LogP contribution in [0.25, 0.3) is 0 Å². The molecule has 0 amide bonds. The summed E-state index contributed by atoms with van der Waals surface area (Å²) in [6.07, 6.45) is 3.83. The first-order valence-electron chi connectivity index (χ1n) is 6.77. The molecule has 0 aromatic carbocycles. The van der Waals surface area contributed by atoms with Gasteiger partial charge in [0.2, 0.25) is 0 Å². The average Bonchev–Trinajstić information content (AvgIpc) is 3.16. The molecule has 2 N–H and O–H groups in total. The number of hydrogen-bond donors (Lipinski definition) is 2. The molecule has 0 aromatic rings. The third kappa shape index (κ3) is 6.22. The fraction of sp³-hybridized carbons (Fsp3) is 0.923. The van der Waals surface area contributed by atoms with E-state index in [4.69, 9.17) is 0 Å². The van der Waals surface area contributed by atoms with E-state index in [0.717, 1.165) is 25.0 Å². The molecule has 1 aliphatic carbocycles. The predicted molar refractivity (Wildman–Crippen MR) is 89.9 cm³/mol. The molecule has 2 unspecified atom stereocenters. The molecule has 0 radical (unpaired) electrons. The topological polar surface area (TPSA) is 39.7 Å². The summed E-state index contributed by atoms with van der Waals surface area (Å²) in [6, 6.07) is 1.84. The Morgan fingerprint density at radius 1 is 1.39 bits per heavy atom. The zero-order valence-corrected chi connectivity index (χ0v) is 14.7. The van der Waals surface area contributed by atoms with Gasteiger partial charge in [0.25, 0.3) is 0 Å². The van der Waals surface area contributed by atoms with Crippen molar-refractivity contribution in [2.45, 2.75) is 58.2 Å². The standard InChI is InChI=1S/C13H28N4.HI/c1-6-10(2)16-13(14-4)15-9-11(3)17(5)12-7-8-12;/h10-12H,6-9H2,1-5H3,(H2,14,15,16);1H. The monoisotopic (exact) mass is 368 g/mol. The molecule has 0 aliphatic heterocycles. The van der Waals surface area contributed by atoms with Gasteiger partial charge >= 0.3 is 0 Å². The summed E-state index contributed by atoms with van der Waals surface area (Å²) in [6.45, 7) is 7.56. The van der Waals surface area contributed by atoms with E-state index in [1.54, 1.807) is 0 Å². The van der Waals surface area contributed by atoms with Crippen LogP contribution in [0.5, 0.6) is 0 Å². The van der Waals surface area contributed by atoms with E-state index < -0.39 is 0 Å². The molecule has 18 heavy (non-hydrogen) atoms. The fourth-order valence-electron chi connectivity index (χ4n) is 1.76. The van der Waals surface area contributed by atoms with Gasteiger partial charge in [0, 0.05) is 31.7 Å². The number of nitrogens with one attached hydrogen (secondary N) is 2. The van der Waals surface area contributed by atoms with Gasteiger partial charge in [-0.2, -0.15) is 0 Å². The Morgan fingerprint density at radius 2 is 2.00 bits per heavy atom. The van der Waals surface area contributed by atoms with Gasteiger partial charge in [-0.1, -0.05) is 6.92 Å². The van der Waals surface area contributed by atoms with Crippen molar-refractivity contribution in [3.8, 4) is 0 Å². The zero-order chi connectivity index (χ0) is 12.8. The summed E-state index contributed by atoms with van der Waals surface area (Å²) in [4.78, 5) is 6.71. The van der Waals surface area contributed by atoms with Crippen LogP contribution in [0.1, 0.15) is 40.0 Å². The van der Waals surface area contributed by atoms with E-state index in [1.807, 2.05) is 7.05 Å². The number of rotatable bonds is 6. The highest BCUT2D eigenvalue weighted by atomic mass is 127. The van der Waals surface area contributed by atoms with Crippen molar-refractivity contribution in [2.75, 3.05) is 20.6 Å². The van der Waals surface area contributed by atoms with Crippen molar-refractivity contribution >= 4 is 29.9 Å². The van der Waals surface area contributed by atoms with Gasteiger partial charge in [-0.25, -0.2) is 0 Å². The molecule has 1 saturated carbocycles. The van der Waals surface area contributed by atoms with Crippen molar-refractivity contribution in [3.05, 3.63) is 0 Å². The Kier molecular flexibility index (Phi) is 8.94. The highest BCUT2D eigenvalue weighted by molar-refractivity contribution is 14.0. The van der Waals surface area contributed by atoms with Crippen LogP contribution in [0.4, 0.5) is 0 Å². The molecule has 1 aliphatic rings. The quantitative estimate of drug-likeness (QED) is 0.428. The van der Waals surface area contributed by atoms with Crippen molar-refractivity contribution in [1.82, 2.24) is 15.5 Å². The first kappa shape index (κ1) is 18.0. The maximum atomic E-state index is 4.24. The van der Waals surface area contributed by atoms with Crippen LogP contribution in [0, 0.1) is 0 Å². The van der Waals surface area contributed by atoms with Gasteiger partial charge < -0.3 is 10.6 Å². The third-order valence-electron chi connectivity index (χ3n) is 3.60. The fourth-order valence-corrected chi connectivity index (χ4v) is 1.76. The van der Waals surface area contributed by atoms with Crippen LogP contribution in [0.15, 0.2) is 4.99 Å². The van der Waals surface area contributed by atoms with Gasteiger partial charge in [-0.05, 0) is 40.2 Å². The van der Waals surface area contributed by atoms with Crippen LogP contribution < -0.4 is 10.6 Å². The van der Waals surface area contributed by atoms with E-state index >= 15 is 0 Å². The molecule has 108 valence electrons. The number of halogens is 1. The normalized spacial score (nSPS) is 19.1. The molecule has 0 spiro atoms. The largest absolute Gasteiger partial charge is 0.355 e. The second kappa shape index (κ2) is 8.96. The minimum atomic E-state index is 0. The minimum absolute atomic E-state index is 0. The first-order valence-corrected chi connectivity index (χ1v) is 6.77. The Balaban J connectivity index is 0.00000289. The SMILES string of the molecule is CCC(C)NC(=NC)NCC(C)N(C)C1CC1.I. The van der Waals surface area contributed by atoms with Crippen molar-refractivity contribution in [3.63, 3.8) is 0 Å². The molecule has 0 heterocycles. The first-order chi connectivity index (χ1) is 8.08. The van der Waals surface area contributed by atoms with Gasteiger partial charge in [0.1, 0.15) is 0 Å². The van der Waals surface area contributed by atoms with E-state index in [9.17, 15) is 0 Å². The molecule has 0 saturated heterocycles. The molecule has 4 nitrogen and oxygen atoms in total. The van der Waals surface area contributed by atoms with Gasteiger partial charge in [-0.15, -0.1) is 24.0 Å². The lowest BCUT2D eigenvalue weighted by Gasteiger charge is -2.26. The molecule has 0 bridgehead atoms. The predicted octanol–water partition coefficient (Wildman–Crippen LogP) is 2.05. The highest BCUT2D eigenvalue weighted by Crippen LogP contribution is 2.26. The Bertz CT molecular complexity index is 253. The summed E-state index contributed by atoms with van der Waals surface area (Å²) < 4.78 is 0. The molecule has 1 fully saturated rings. The van der Waals surface area contributed by atoms with Crippen molar-refractivity contribution in [2.24, 2.45) is 4.99 Å². The molecule has 0 aromatic heterocycles. The lowest BCUT2D eigenvalue weighted by Crippen LogP contribution is -2.47. The smallest absolute Gasteiger partial charge is 0.191 e. The summed E-state index contributed by atoms with van der Waals surface area (Å²) in [5, 5.41) is 6.77. The molecular weight excluding hydrogens is 339 g/mol. The van der Waals surface area contributed by atoms with E-state index in [0.29, 0.717) is 12.1 Å². The lowest BCUT2D eigenvalue weighted by atomic mass is 10.2. The summed E-state index contributed by atoms with van der Waals surface area (Å²) in [7, 11) is 4.04. The average molecular weight is 368 g/mol. The van der Waals surface area contributed by atoms with Gasteiger partial charge in [-0.3, -0.25) is 9.89 Å². The number of guanidine groups is 1. The second-order valence-electron chi connectivity index (χ2n) is 5.15. The number of nitrogens with zero attached hydrogens (tertiary/aromatic N) is 2. The maximum Gasteiger partial charge on any atom is 0.191 e. The summed E-state index contributed by atoms with van der Waals surface area (Å²) >= 11 is 0. The Labute approximate surface area is 129 Å². The van der Waals surface area contributed by atoms with E-state index in [-0.39, 0.29) is 24.0 Å². The lowest BCUT2D eigenvalue weighted by molar-refractivity contribution is 0.247. The Hall–Kier alpha value is -0.0400. The number of likely N-dealkylation sites (N-methyl/N-ethyl adjacent to an activating group) is 1. The number of aliphatic imine (C=N–C) groups is 1. The van der Waals surface area contributed by atoms with E-state index in [2.05, 4.69) is 48.3 Å². The summed E-state index contributed by atoms with van der Waals surface area (Å²) in [5.41, 5.74) is 0. The van der Waals surface area contributed by atoms with Crippen LogP contribution in [-0.2, 0) is 0 Å². The van der Waals surface area contributed by atoms with Crippen molar-refractivity contribution in [1.29, 1.82) is 0 Å². The summed E-state index contributed by atoms with van der Waals surface area (Å²) in [5.74, 6) is 0.912. The van der Waals surface area contributed by atoms with Gasteiger partial charge in [0.15, 0.2) is 5.96 Å². The molecular formula is C13H29IN4. The van der Waals surface area contributed by atoms with Crippen LogP contribution in [0.3, 0.4) is 0 Å². The highest BCUT2D eigenvalue weighted by Gasteiger charge is 2.28. The van der Waals surface area contributed by atoms with Crippen LogP contribution in [-0.4, -0.2) is 49.6 Å². The molecule has 5 heteroatoms. The maximum absolute atomic E-state index is 4.24. The zero-order valence-electron chi connectivity index (χ0n) is 12.4. The molecule has 1 rings (SSSR count). The molecule has 2 atom stereocenters. The van der Waals surface area contributed by atoms with Crippen molar-refractivity contribution < 1.29 is 0 Å². The number of hydrogen-bond acceptors (Lipinski definition) is 2. The van der Waals surface area contributed by atoms with Crippen LogP contribution in [0.2, 0.25) is 0 Å². The van der Waals surface area contributed by atoms with E-state index in [1.165, 1.54) is 12.8 Å². The van der Waals surface area contributed by atoms with Crippen LogP contribution >= 0.6 is 24.0 Å².